The summed E-state index contributed by atoms with van der Waals surface area (Å²) in [6.07, 6.45) is 0. The molecular weight excluding hydrogens is 302 g/mol. The second-order valence-corrected chi connectivity index (χ2v) is 5.60. The molecule has 4 rings (SSSR count). The lowest BCUT2D eigenvalue weighted by Crippen LogP contribution is -2.31. The van der Waals surface area contributed by atoms with Gasteiger partial charge in [0.2, 0.25) is 0 Å². The van der Waals surface area contributed by atoms with Gasteiger partial charge >= 0.3 is 0 Å². The Bertz CT molecular complexity index is 875. The smallest absolute Gasteiger partial charge is 0.255 e. The van der Waals surface area contributed by atoms with E-state index >= 15 is 0 Å². The van der Waals surface area contributed by atoms with E-state index in [1.54, 1.807) is 18.2 Å². The van der Waals surface area contributed by atoms with E-state index in [0.717, 1.165) is 22.6 Å². The number of para-hydroxylation sites is 3. The van der Waals surface area contributed by atoms with Crippen LogP contribution in [0.15, 0.2) is 72.8 Å². The first-order chi connectivity index (χ1) is 11.7. The van der Waals surface area contributed by atoms with E-state index in [0.29, 0.717) is 0 Å². The van der Waals surface area contributed by atoms with Crippen molar-refractivity contribution in [1.29, 1.82) is 0 Å². The van der Waals surface area contributed by atoms with Gasteiger partial charge in [-0.25, -0.2) is 0 Å². The molecule has 1 aliphatic rings. The SMILES string of the molecule is O=C(NC1c2ccccc2Oc2ccccc21)c1ccccc1O. The molecule has 4 nitrogen and oxygen atoms in total. The van der Waals surface area contributed by atoms with Crippen molar-refractivity contribution in [1.82, 2.24) is 5.32 Å². The summed E-state index contributed by atoms with van der Waals surface area (Å²) in [4.78, 5) is 12.6. The molecule has 0 aromatic heterocycles. The van der Waals surface area contributed by atoms with Crippen LogP contribution in [-0.4, -0.2) is 11.0 Å². The number of fused-ring (bicyclic) bond motifs is 2. The van der Waals surface area contributed by atoms with Gasteiger partial charge in [-0.1, -0.05) is 48.5 Å². The summed E-state index contributed by atoms with van der Waals surface area (Å²) in [5.41, 5.74) is 2.03. The van der Waals surface area contributed by atoms with Crippen LogP contribution in [0.4, 0.5) is 0 Å². The number of rotatable bonds is 2. The standard InChI is InChI=1S/C20H15NO3/c22-16-10-4-1-7-13(16)20(23)21-19-14-8-2-5-11-17(14)24-18-12-6-3-9-15(18)19/h1-12,19,22H,(H,21,23). The topological polar surface area (TPSA) is 58.6 Å². The molecule has 0 aliphatic carbocycles. The van der Waals surface area contributed by atoms with Crippen molar-refractivity contribution in [3.8, 4) is 17.2 Å². The lowest BCUT2D eigenvalue weighted by Gasteiger charge is -2.28. The minimum Gasteiger partial charge on any atom is -0.507 e. The minimum absolute atomic E-state index is 0.0383. The van der Waals surface area contributed by atoms with Crippen molar-refractivity contribution < 1.29 is 14.6 Å². The second-order valence-electron chi connectivity index (χ2n) is 5.60. The molecule has 24 heavy (non-hydrogen) atoms. The third-order valence-corrected chi connectivity index (χ3v) is 4.10. The zero-order chi connectivity index (χ0) is 16.5. The predicted molar refractivity (Wildman–Crippen MR) is 90.4 cm³/mol. The minimum atomic E-state index is -0.335. The summed E-state index contributed by atoms with van der Waals surface area (Å²) in [5, 5.41) is 12.9. The summed E-state index contributed by atoms with van der Waals surface area (Å²) >= 11 is 0. The molecule has 3 aromatic carbocycles. The number of hydrogen-bond acceptors (Lipinski definition) is 3. The molecule has 1 heterocycles. The van der Waals surface area contributed by atoms with Crippen LogP contribution in [0.5, 0.6) is 17.2 Å². The highest BCUT2D eigenvalue weighted by molar-refractivity contribution is 5.97. The lowest BCUT2D eigenvalue weighted by molar-refractivity contribution is 0.0939. The molecule has 0 saturated heterocycles. The molecule has 0 atom stereocenters. The van der Waals surface area contributed by atoms with E-state index in [2.05, 4.69) is 5.32 Å². The number of ether oxygens (including phenoxy) is 1. The Labute approximate surface area is 139 Å². The van der Waals surface area contributed by atoms with Gasteiger partial charge in [0, 0.05) is 11.1 Å². The molecule has 0 radical (unpaired) electrons. The number of phenolic OH excluding ortho intramolecular Hbond substituents is 1. The Hall–Kier alpha value is -3.27. The van der Waals surface area contributed by atoms with E-state index in [1.165, 1.54) is 6.07 Å². The van der Waals surface area contributed by atoms with Crippen LogP contribution >= 0.6 is 0 Å². The van der Waals surface area contributed by atoms with E-state index < -0.39 is 0 Å². The largest absolute Gasteiger partial charge is 0.507 e. The summed E-state index contributed by atoms with van der Waals surface area (Å²) in [6, 6.07) is 21.4. The maximum Gasteiger partial charge on any atom is 0.255 e. The van der Waals surface area contributed by atoms with Gasteiger partial charge in [0.1, 0.15) is 17.2 Å². The van der Waals surface area contributed by atoms with Gasteiger partial charge in [-0.2, -0.15) is 0 Å². The van der Waals surface area contributed by atoms with Crippen LogP contribution in [0.25, 0.3) is 0 Å². The molecule has 0 unspecified atom stereocenters. The predicted octanol–water partition coefficient (Wildman–Crippen LogP) is 4.02. The van der Waals surface area contributed by atoms with Gasteiger partial charge in [-0.05, 0) is 24.3 Å². The number of amides is 1. The fourth-order valence-electron chi connectivity index (χ4n) is 2.94. The third kappa shape index (κ3) is 2.38. The number of benzene rings is 3. The Kier molecular flexibility index (Phi) is 3.43. The van der Waals surface area contributed by atoms with Crippen LogP contribution in [0.3, 0.4) is 0 Å². The van der Waals surface area contributed by atoms with E-state index in [-0.39, 0.29) is 23.3 Å². The van der Waals surface area contributed by atoms with Gasteiger partial charge in [-0.15, -0.1) is 0 Å². The maximum absolute atomic E-state index is 12.6. The van der Waals surface area contributed by atoms with Crippen LogP contribution in [0, 0.1) is 0 Å². The highest BCUT2D eigenvalue weighted by Gasteiger charge is 2.28. The van der Waals surface area contributed by atoms with Crippen molar-refractivity contribution in [3.05, 3.63) is 89.5 Å². The highest BCUT2D eigenvalue weighted by atomic mass is 16.5. The average molecular weight is 317 g/mol. The Morgan fingerprint density at radius 2 is 1.38 bits per heavy atom. The van der Waals surface area contributed by atoms with Gasteiger partial charge in [-0.3, -0.25) is 4.79 Å². The second kappa shape index (κ2) is 5.74. The molecule has 0 saturated carbocycles. The van der Waals surface area contributed by atoms with Gasteiger partial charge in [0.15, 0.2) is 0 Å². The number of phenols is 1. The van der Waals surface area contributed by atoms with Crippen molar-refractivity contribution in [2.75, 3.05) is 0 Å². The number of hydrogen-bond donors (Lipinski definition) is 2. The van der Waals surface area contributed by atoms with Gasteiger partial charge < -0.3 is 15.2 Å². The van der Waals surface area contributed by atoms with Crippen molar-refractivity contribution >= 4 is 5.91 Å². The molecule has 2 N–H and O–H groups in total. The number of carbonyl (C=O) groups is 1. The first kappa shape index (κ1) is 14.3. The fourth-order valence-corrected chi connectivity index (χ4v) is 2.94. The lowest BCUT2D eigenvalue weighted by atomic mass is 9.94. The van der Waals surface area contributed by atoms with Crippen LogP contribution in [0.2, 0.25) is 0 Å². The number of nitrogens with one attached hydrogen (secondary N) is 1. The summed E-state index contributed by atoms with van der Waals surface area (Å²) < 4.78 is 5.92. The molecule has 0 bridgehead atoms. The Morgan fingerprint density at radius 3 is 2.00 bits per heavy atom. The van der Waals surface area contributed by atoms with Crippen LogP contribution in [-0.2, 0) is 0 Å². The van der Waals surface area contributed by atoms with Crippen molar-refractivity contribution in [3.63, 3.8) is 0 Å². The van der Waals surface area contributed by atoms with Gasteiger partial charge in [0.05, 0.1) is 11.6 Å². The number of carbonyl (C=O) groups excluding carboxylic acids is 1. The maximum atomic E-state index is 12.6. The summed E-state index contributed by atoms with van der Waals surface area (Å²) in [7, 11) is 0. The molecule has 4 heteroatoms. The molecular formula is C20H15NO3. The molecule has 3 aromatic rings. The molecule has 0 spiro atoms. The fraction of sp³-hybridized carbons (Fsp3) is 0.0500. The first-order valence-corrected chi connectivity index (χ1v) is 7.68. The van der Waals surface area contributed by atoms with Crippen molar-refractivity contribution in [2.24, 2.45) is 0 Å². The monoisotopic (exact) mass is 317 g/mol. The van der Waals surface area contributed by atoms with E-state index in [9.17, 15) is 9.90 Å². The van der Waals surface area contributed by atoms with Gasteiger partial charge in [0.25, 0.3) is 5.91 Å². The van der Waals surface area contributed by atoms with Crippen molar-refractivity contribution in [2.45, 2.75) is 6.04 Å². The normalized spacial score (nSPS) is 12.7. The van der Waals surface area contributed by atoms with Crippen LogP contribution in [0.1, 0.15) is 27.5 Å². The Morgan fingerprint density at radius 1 is 0.833 bits per heavy atom. The highest BCUT2D eigenvalue weighted by Crippen LogP contribution is 2.42. The first-order valence-electron chi connectivity index (χ1n) is 7.68. The Balaban J connectivity index is 1.75. The molecule has 118 valence electrons. The summed E-state index contributed by atoms with van der Waals surface area (Å²) in [5.74, 6) is 1.07. The quantitative estimate of drug-likeness (QED) is 0.750. The third-order valence-electron chi connectivity index (χ3n) is 4.10. The average Bonchev–Trinajstić information content (AvgIpc) is 2.62. The zero-order valence-electron chi connectivity index (χ0n) is 12.8. The molecule has 1 aliphatic heterocycles. The zero-order valence-corrected chi connectivity index (χ0v) is 12.8. The molecule has 1 amide bonds. The van der Waals surface area contributed by atoms with E-state index in [1.807, 2.05) is 48.5 Å². The summed E-state index contributed by atoms with van der Waals surface area (Å²) in [6.45, 7) is 0. The number of aromatic hydroxyl groups is 1. The van der Waals surface area contributed by atoms with Crippen LogP contribution < -0.4 is 10.1 Å². The van der Waals surface area contributed by atoms with E-state index in [4.69, 9.17) is 4.74 Å². The molecule has 0 fully saturated rings.